The molecule has 2 heterocycles. The van der Waals surface area contributed by atoms with E-state index in [9.17, 15) is 9.59 Å². The van der Waals surface area contributed by atoms with Crippen molar-refractivity contribution in [3.63, 3.8) is 0 Å². The van der Waals surface area contributed by atoms with Crippen molar-refractivity contribution in [2.45, 2.75) is 20.0 Å². The molecule has 1 aliphatic rings. The van der Waals surface area contributed by atoms with Gasteiger partial charge in [-0.25, -0.2) is 9.78 Å². The molecule has 1 aliphatic heterocycles. The van der Waals surface area contributed by atoms with Crippen molar-refractivity contribution in [1.82, 2.24) is 9.88 Å². The molecule has 1 atom stereocenters. The van der Waals surface area contributed by atoms with Crippen molar-refractivity contribution in [2.24, 2.45) is 0 Å². The minimum absolute atomic E-state index is 0.221. The molecule has 0 N–H and O–H groups in total. The maximum atomic E-state index is 12.9. The van der Waals surface area contributed by atoms with E-state index in [0.29, 0.717) is 42.4 Å². The molecule has 3 rings (SSSR count). The minimum Gasteiger partial charge on any atom is -0.443 e. The highest BCUT2D eigenvalue weighted by Crippen LogP contribution is 2.25. The van der Waals surface area contributed by atoms with E-state index in [2.05, 4.69) is 4.98 Å². The number of esters is 1. The normalized spacial score (nSPS) is 15.7. The number of amides is 1. The van der Waals surface area contributed by atoms with Gasteiger partial charge in [0, 0.05) is 18.7 Å². The van der Waals surface area contributed by atoms with Crippen molar-refractivity contribution in [3.8, 4) is 0 Å². The summed E-state index contributed by atoms with van der Waals surface area (Å²) in [5, 5.41) is 0.792. The molecule has 7 heteroatoms. The standard InChI is InChI=1S/C18H20N2O4S/c1-12-16(25-13(2)19-12)18(22)24-15(14-6-4-3-5-7-14)17(21)20-8-10-23-11-9-20/h3-7,15H,8-11H2,1-2H3. The van der Waals surface area contributed by atoms with E-state index >= 15 is 0 Å². The molecule has 1 unspecified atom stereocenters. The Balaban J connectivity index is 1.85. The molecule has 1 aromatic heterocycles. The number of benzene rings is 1. The molecular weight excluding hydrogens is 340 g/mol. The third kappa shape index (κ3) is 4.05. The zero-order valence-corrected chi connectivity index (χ0v) is 15.0. The predicted octanol–water partition coefficient (Wildman–Crippen LogP) is 2.52. The molecule has 0 saturated carbocycles. The second-order valence-corrected chi connectivity index (χ2v) is 6.98. The summed E-state index contributed by atoms with van der Waals surface area (Å²) in [5.74, 6) is -0.736. The number of hydrogen-bond donors (Lipinski definition) is 0. The Labute approximate surface area is 150 Å². The van der Waals surface area contributed by atoms with Crippen LogP contribution in [0.3, 0.4) is 0 Å². The number of aryl methyl sites for hydroxylation is 2. The van der Waals surface area contributed by atoms with Crippen LogP contribution in [0.5, 0.6) is 0 Å². The lowest BCUT2D eigenvalue weighted by Gasteiger charge is -2.30. The molecule has 1 aromatic carbocycles. The number of ether oxygens (including phenoxy) is 2. The van der Waals surface area contributed by atoms with Crippen LogP contribution in [0.1, 0.15) is 32.0 Å². The van der Waals surface area contributed by atoms with Crippen LogP contribution in [-0.4, -0.2) is 48.1 Å². The number of rotatable bonds is 4. The third-order valence-corrected chi connectivity index (χ3v) is 5.02. The maximum Gasteiger partial charge on any atom is 0.351 e. The minimum atomic E-state index is -0.964. The lowest BCUT2D eigenvalue weighted by molar-refractivity contribution is -0.145. The summed E-state index contributed by atoms with van der Waals surface area (Å²) in [7, 11) is 0. The fourth-order valence-electron chi connectivity index (χ4n) is 2.72. The molecule has 1 fully saturated rings. The summed E-state index contributed by atoms with van der Waals surface area (Å²) in [6.07, 6.45) is -0.964. The van der Waals surface area contributed by atoms with Gasteiger partial charge >= 0.3 is 5.97 Å². The van der Waals surface area contributed by atoms with Crippen molar-refractivity contribution in [1.29, 1.82) is 0 Å². The molecule has 0 aliphatic carbocycles. The second-order valence-electron chi connectivity index (χ2n) is 5.78. The van der Waals surface area contributed by atoms with Crippen LogP contribution in [0.25, 0.3) is 0 Å². The SMILES string of the molecule is Cc1nc(C)c(C(=O)OC(C(=O)N2CCOCC2)c2ccccc2)s1. The van der Waals surface area contributed by atoms with Gasteiger partial charge in [-0.3, -0.25) is 4.79 Å². The molecule has 0 bridgehead atoms. The van der Waals surface area contributed by atoms with E-state index < -0.39 is 12.1 Å². The van der Waals surface area contributed by atoms with E-state index in [1.54, 1.807) is 24.0 Å². The summed E-state index contributed by atoms with van der Waals surface area (Å²) in [6.45, 7) is 5.59. The number of carbonyl (C=O) groups excluding carboxylic acids is 2. The van der Waals surface area contributed by atoms with Gasteiger partial charge in [0.05, 0.1) is 23.9 Å². The molecule has 1 amide bonds. The van der Waals surface area contributed by atoms with Gasteiger partial charge in [0.25, 0.3) is 5.91 Å². The van der Waals surface area contributed by atoms with Gasteiger partial charge in [0.1, 0.15) is 4.88 Å². The van der Waals surface area contributed by atoms with E-state index in [1.807, 2.05) is 25.1 Å². The van der Waals surface area contributed by atoms with Crippen LogP contribution in [-0.2, 0) is 14.3 Å². The lowest BCUT2D eigenvalue weighted by atomic mass is 10.1. The molecule has 0 radical (unpaired) electrons. The molecule has 0 spiro atoms. The summed E-state index contributed by atoms with van der Waals surface area (Å²) < 4.78 is 10.9. The van der Waals surface area contributed by atoms with Crippen molar-refractivity contribution >= 4 is 23.2 Å². The average Bonchev–Trinajstić information content (AvgIpc) is 2.99. The van der Waals surface area contributed by atoms with Gasteiger partial charge in [-0.2, -0.15) is 0 Å². The molecular formula is C18H20N2O4S. The smallest absolute Gasteiger partial charge is 0.351 e. The lowest BCUT2D eigenvalue weighted by Crippen LogP contribution is -2.44. The first kappa shape index (κ1) is 17.6. The van der Waals surface area contributed by atoms with Crippen molar-refractivity contribution in [2.75, 3.05) is 26.3 Å². The topological polar surface area (TPSA) is 68.7 Å². The largest absolute Gasteiger partial charge is 0.443 e. The fourth-order valence-corrected chi connectivity index (χ4v) is 3.52. The van der Waals surface area contributed by atoms with E-state index in [1.165, 1.54) is 11.3 Å². The Hall–Kier alpha value is -2.25. The quantitative estimate of drug-likeness (QED) is 0.784. The Morgan fingerprint density at radius 1 is 1.20 bits per heavy atom. The molecule has 6 nitrogen and oxygen atoms in total. The second kappa shape index (κ2) is 7.76. The summed E-state index contributed by atoms with van der Waals surface area (Å²) >= 11 is 1.28. The predicted molar refractivity (Wildman–Crippen MR) is 93.6 cm³/mol. The highest BCUT2D eigenvalue weighted by atomic mass is 32.1. The fraction of sp³-hybridized carbons (Fsp3) is 0.389. The van der Waals surface area contributed by atoms with Crippen LogP contribution in [0.4, 0.5) is 0 Å². The highest BCUT2D eigenvalue weighted by Gasteiger charge is 2.31. The molecule has 1 saturated heterocycles. The van der Waals surface area contributed by atoms with Crippen molar-refractivity contribution in [3.05, 3.63) is 51.5 Å². The first-order valence-corrected chi connectivity index (χ1v) is 8.94. The Morgan fingerprint density at radius 2 is 1.88 bits per heavy atom. The van der Waals surface area contributed by atoms with Gasteiger partial charge in [-0.15, -0.1) is 11.3 Å². The van der Waals surface area contributed by atoms with Gasteiger partial charge in [0.15, 0.2) is 0 Å². The Morgan fingerprint density at radius 3 is 2.48 bits per heavy atom. The summed E-state index contributed by atoms with van der Waals surface area (Å²) in [6, 6.07) is 9.09. The number of thiazole rings is 1. The van der Waals surface area contributed by atoms with Crippen LogP contribution >= 0.6 is 11.3 Å². The first-order chi connectivity index (χ1) is 12.1. The first-order valence-electron chi connectivity index (χ1n) is 8.12. The van der Waals surface area contributed by atoms with E-state index in [0.717, 1.165) is 5.01 Å². The number of carbonyl (C=O) groups is 2. The van der Waals surface area contributed by atoms with Crippen molar-refractivity contribution < 1.29 is 19.1 Å². The monoisotopic (exact) mass is 360 g/mol. The third-order valence-electron chi connectivity index (χ3n) is 3.96. The molecule has 132 valence electrons. The van der Waals surface area contributed by atoms with E-state index in [-0.39, 0.29) is 5.91 Å². The molecule has 25 heavy (non-hydrogen) atoms. The van der Waals surface area contributed by atoms with Crippen LogP contribution < -0.4 is 0 Å². The van der Waals surface area contributed by atoms with Crippen LogP contribution in [0.2, 0.25) is 0 Å². The Bertz CT molecular complexity index is 754. The van der Waals surface area contributed by atoms with Crippen LogP contribution in [0, 0.1) is 13.8 Å². The van der Waals surface area contributed by atoms with E-state index in [4.69, 9.17) is 9.47 Å². The highest BCUT2D eigenvalue weighted by molar-refractivity contribution is 7.13. The molecule has 2 aromatic rings. The van der Waals surface area contributed by atoms with Gasteiger partial charge in [-0.05, 0) is 13.8 Å². The van der Waals surface area contributed by atoms with Crippen LogP contribution in [0.15, 0.2) is 30.3 Å². The number of nitrogens with zero attached hydrogens (tertiary/aromatic N) is 2. The number of aromatic nitrogens is 1. The zero-order valence-electron chi connectivity index (χ0n) is 14.2. The van der Waals surface area contributed by atoms with Gasteiger partial charge in [0.2, 0.25) is 6.10 Å². The van der Waals surface area contributed by atoms with Gasteiger partial charge < -0.3 is 14.4 Å². The number of morpholine rings is 1. The summed E-state index contributed by atoms with van der Waals surface area (Å²) in [4.78, 5) is 31.9. The summed E-state index contributed by atoms with van der Waals surface area (Å²) in [5.41, 5.74) is 1.28. The Kier molecular flexibility index (Phi) is 5.45. The zero-order chi connectivity index (χ0) is 17.8. The van der Waals surface area contributed by atoms with Gasteiger partial charge in [-0.1, -0.05) is 30.3 Å². The maximum absolute atomic E-state index is 12.9. The average molecular weight is 360 g/mol. The number of hydrogen-bond acceptors (Lipinski definition) is 6.